The van der Waals surface area contributed by atoms with Gasteiger partial charge >= 0.3 is 0 Å². The Hall–Kier alpha value is -2.06. The van der Waals surface area contributed by atoms with E-state index in [1.807, 2.05) is 0 Å². The van der Waals surface area contributed by atoms with E-state index >= 15 is 0 Å². The predicted molar refractivity (Wildman–Crippen MR) is 54.1 cm³/mol. The molecule has 0 unspecified atom stereocenters. The van der Waals surface area contributed by atoms with Crippen molar-refractivity contribution in [1.29, 1.82) is 0 Å². The summed E-state index contributed by atoms with van der Waals surface area (Å²) in [5.41, 5.74) is 5.90. The van der Waals surface area contributed by atoms with E-state index in [2.05, 4.69) is 21.9 Å². The van der Waals surface area contributed by atoms with Crippen molar-refractivity contribution in [1.82, 2.24) is 14.6 Å². The first-order valence-corrected chi connectivity index (χ1v) is 4.36. The third-order valence-corrected chi connectivity index (χ3v) is 1.87. The maximum Gasteiger partial charge on any atom is 0.293 e. The third-order valence-electron chi connectivity index (χ3n) is 1.66. The molecule has 0 aliphatic heterocycles. The smallest absolute Gasteiger partial charge is 0.293 e. The first kappa shape index (κ1) is 9.49. The van der Waals surface area contributed by atoms with Gasteiger partial charge in [0, 0.05) is 12.1 Å². The average Bonchev–Trinajstić information content (AvgIpc) is 2.57. The van der Waals surface area contributed by atoms with Crippen LogP contribution in [0.15, 0.2) is 18.5 Å². The van der Waals surface area contributed by atoms with Crippen LogP contribution in [0.3, 0.4) is 0 Å². The van der Waals surface area contributed by atoms with E-state index in [4.69, 9.17) is 17.3 Å². The fraction of sp³-hybridized carbons (Fsp3) is 0. The Labute approximate surface area is 89.9 Å². The second-order valence-electron chi connectivity index (χ2n) is 2.69. The van der Waals surface area contributed by atoms with Gasteiger partial charge in [-0.3, -0.25) is 4.79 Å². The SMILES string of the molecule is NC(=O)C#Cc1cnn2ccc(Cl)nc12. The summed E-state index contributed by atoms with van der Waals surface area (Å²) in [5.74, 6) is 4.08. The second kappa shape index (κ2) is 3.59. The molecule has 0 spiro atoms. The highest BCUT2D eigenvalue weighted by atomic mass is 35.5. The molecule has 0 saturated carbocycles. The number of nitrogens with two attached hydrogens (primary N) is 1. The molecule has 1 amide bonds. The van der Waals surface area contributed by atoms with Gasteiger partial charge in [-0.1, -0.05) is 17.5 Å². The molecular formula is C9H5ClN4O. The highest BCUT2D eigenvalue weighted by Gasteiger charge is 2.03. The summed E-state index contributed by atoms with van der Waals surface area (Å²) in [4.78, 5) is 14.5. The number of primary amides is 1. The number of nitrogens with zero attached hydrogens (tertiary/aromatic N) is 3. The van der Waals surface area contributed by atoms with Crippen LogP contribution in [-0.2, 0) is 4.79 Å². The Bertz CT molecular complexity index is 593. The summed E-state index contributed by atoms with van der Waals surface area (Å²) < 4.78 is 1.51. The fourth-order valence-corrected chi connectivity index (χ4v) is 1.20. The predicted octanol–water partition coefficient (Wildman–Crippen LogP) is 0.219. The molecule has 0 atom stereocenters. The van der Waals surface area contributed by atoms with Crippen molar-refractivity contribution >= 4 is 23.2 Å². The van der Waals surface area contributed by atoms with Crippen LogP contribution in [0.1, 0.15) is 5.56 Å². The van der Waals surface area contributed by atoms with Gasteiger partial charge in [-0.15, -0.1) is 0 Å². The molecule has 2 rings (SSSR count). The summed E-state index contributed by atoms with van der Waals surface area (Å²) in [6.45, 7) is 0. The lowest BCUT2D eigenvalue weighted by Gasteiger charge is -1.92. The first-order valence-electron chi connectivity index (χ1n) is 3.98. The zero-order valence-electron chi connectivity index (χ0n) is 7.44. The number of halogens is 1. The molecule has 2 aromatic heterocycles. The van der Waals surface area contributed by atoms with Gasteiger partial charge < -0.3 is 5.73 Å². The van der Waals surface area contributed by atoms with Gasteiger partial charge in [0.15, 0.2) is 5.65 Å². The molecular weight excluding hydrogens is 216 g/mol. The number of carbonyl (C=O) groups is 1. The lowest BCUT2D eigenvalue weighted by atomic mass is 10.3. The summed E-state index contributed by atoms with van der Waals surface area (Å²) in [5, 5.41) is 4.32. The van der Waals surface area contributed by atoms with Crippen LogP contribution < -0.4 is 5.73 Å². The van der Waals surface area contributed by atoms with Gasteiger partial charge in [0.25, 0.3) is 5.91 Å². The topological polar surface area (TPSA) is 73.3 Å². The Kier molecular flexibility index (Phi) is 2.27. The molecule has 0 bridgehead atoms. The minimum absolute atomic E-state index is 0.338. The normalized spacial score (nSPS) is 9.67. The van der Waals surface area contributed by atoms with Crippen LogP contribution in [0.25, 0.3) is 5.65 Å². The maximum absolute atomic E-state index is 10.5. The minimum Gasteiger partial charge on any atom is -0.359 e. The van der Waals surface area contributed by atoms with Crippen LogP contribution in [0.4, 0.5) is 0 Å². The van der Waals surface area contributed by atoms with Crippen molar-refractivity contribution in [3.05, 3.63) is 29.2 Å². The van der Waals surface area contributed by atoms with Gasteiger partial charge in [-0.05, 0) is 6.07 Å². The first-order chi connectivity index (χ1) is 7.16. The van der Waals surface area contributed by atoms with E-state index in [0.29, 0.717) is 16.4 Å². The number of carbonyl (C=O) groups excluding carboxylic acids is 1. The number of amides is 1. The zero-order chi connectivity index (χ0) is 10.8. The van der Waals surface area contributed by atoms with Crippen LogP contribution in [0, 0.1) is 11.8 Å². The van der Waals surface area contributed by atoms with Crippen LogP contribution >= 0.6 is 11.6 Å². The van der Waals surface area contributed by atoms with Gasteiger partial charge in [-0.2, -0.15) is 5.10 Å². The highest BCUT2D eigenvalue weighted by Crippen LogP contribution is 2.10. The number of fused-ring (bicyclic) bond motifs is 1. The number of aromatic nitrogens is 3. The lowest BCUT2D eigenvalue weighted by Crippen LogP contribution is -2.06. The second-order valence-corrected chi connectivity index (χ2v) is 3.08. The summed E-state index contributed by atoms with van der Waals surface area (Å²) in [6.07, 6.45) is 3.15. The largest absolute Gasteiger partial charge is 0.359 e. The Morgan fingerprint density at radius 2 is 2.40 bits per heavy atom. The van der Waals surface area contributed by atoms with Crippen molar-refractivity contribution in [2.45, 2.75) is 0 Å². The van der Waals surface area contributed by atoms with E-state index in [1.54, 1.807) is 12.3 Å². The van der Waals surface area contributed by atoms with Crippen LogP contribution in [-0.4, -0.2) is 20.5 Å². The van der Waals surface area contributed by atoms with Crippen molar-refractivity contribution in [2.75, 3.05) is 0 Å². The van der Waals surface area contributed by atoms with E-state index in [0.717, 1.165) is 0 Å². The Morgan fingerprint density at radius 1 is 1.60 bits per heavy atom. The van der Waals surface area contributed by atoms with E-state index in [1.165, 1.54) is 10.7 Å². The highest BCUT2D eigenvalue weighted by molar-refractivity contribution is 6.29. The molecule has 2 N–H and O–H groups in total. The fourth-order valence-electron chi connectivity index (χ4n) is 1.06. The molecule has 74 valence electrons. The Balaban J connectivity index is 2.59. The maximum atomic E-state index is 10.5. The summed E-state index contributed by atoms with van der Waals surface area (Å²) in [7, 11) is 0. The number of hydrogen-bond donors (Lipinski definition) is 1. The number of hydrogen-bond acceptors (Lipinski definition) is 3. The monoisotopic (exact) mass is 220 g/mol. The molecule has 15 heavy (non-hydrogen) atoms. The molecule has 2 heterocycles. The Morgan fingerprint density at radius 3 is 3.13 bits per heavy atom. The standard InChI is InChI=1S/C9H5ClN4O/c10-7-3-4-14-9(13-7)6(5-12-14)1-2-8(11)15/h3-5H,(H2,11,15). The average molecular weight is 221 g/mol. The molecule has 6 heteroatoms. The van der Waals surface area contributed by atoms with Gasteiger partial charge in [-0.25, -0.2) is 9.50 Å². The van der Waals surface area contributed by atoms with Crippen molar-refractivity contribution in [2.24, 2.45) is 5.73 Å². The summed E-state index contributed by atoms with van der Waals surface area (Å²) >= 11 is 5.72. The van der Waals surface area contributed by atoms with E-state index in [-0.39, 0.29) is 0 Å². The van der Waals surface area contributed by atoms with Gasteiger partial charge in [0.05, 0.1) is 11.8 Å². The lowest BCUT2D eigenvalue weighted by molar-refractivity contribution is -0.112. The van der Waals surface area contributed by atoms with Crippen molar-refractivity contribution < 1.29 is 4.79 Å². The third kappa shape index (κ3) is 1.90. The van der Waals surface area contributed by atoms with Gasteiger partial charge in [0.2, 0.25) is 0 Å². The quantitative estimate of drug-likeness (QED) is 0.510. The van der Waals surface area contributed by atoms with E-state index in [9.17, 15) is 4.79 Å². The van der Waals surface area contributed by atoms with Crippen LogP contribution in [0.5, 0.6) is 0 Å². The molecule has 0 aliphatic rings. The van der Waals surface area contributed by atoms with Crippen molar-refractivity contribution in [3.63, 3.8) is 0 Å². The molecule has 0 radical (unpaired) electrons. The molecule has 0 fully saturated rings. The van der Waals surface area contributed by atoms with E-state index < -0.39 is 5.91 Å². The van der Waals surface area contributed by atoms with Crippen LogP contribution in [0.2, 0.25) is 5.15 Å². The summed E-state index contributed by atoms with van der Waals surface area (Å²) in [6, 6.07) is 1.60. The molecule has 0 aliphatic carbocycles. The minimum atomic E-state index is -0.698. The molecule has 0 saturated heterocycles. The molecule has 5 nitrogen and oxygen atoms in total. The number of rotatable bonds is 0. The van der Waals surface area contributed by atoms with Gasteiger partial charge in [0.1, 0.15) is 5.15 Å². The zero-order valence-corrected chi connectivity index (χ0v) is 8.19. The molecule has 0 aromatic carbocycles. The van der Waals surface area contributed by atoms with Crippen molar-refractivity contribution in [3.8, 4) is 11.8 Å². The molecule has 2 aromatic rings.